The third-order valence-electron chi connectivity index (χ3n) is 2.66. The Morgan fingerprint density at radius 1 is 1.25 bits per heavy atom. The van der Waals surface area contributed by atoms with Crippen molar-refractivity contribution >= 4 is 11.4 Å². The molecule has 0 aliphatic carbocycles. The normalized spacial score (nSPS) is 19.4. The van der Waals surface area contributed by atoms with Gasteiger partial charge < -0.3 is 15.4 Å². The summed E-state index contributed by atoms with van der Waals surface area (Å²) in [5.41, 5.74) is 2.24. The van der Waals surface area contributed by atoms with Crippen LogP contribution < -0.4 is 15.4 Å². The van der Waals surface area contributed by atoms with Crippen molar-refractivity contribution in [2.24, 2.45) is 5.92 Å². The molecule has 0 radical (unpaired) electrons. The van der Waals surface area contributed by atoms with E-state index in [0.717, 1.165) is 30.2 Å². The zero-order chi connectivity index (χ0) is 11.5. The Morgan fingerprint density at radius 3 is 2.75 bits per heavy atom. The first-order chi connectivity index (χ1) is 7.66. The summed E-state index contributed by atoms with van der Waals surface area (Å²) in [7, 11) is 0. The molecule has 2 rings (SSSR count). The van der Waals surface area contributed by atoms with E-state index in [1.165, 1.54) is 0 Å². The summed E-state index contributed by atoms with van der Waals surface area (Å²) >= 11 is 0. The van der Waals surface area contributed by atoms with Crippen molar-refractivity contribution in [3.05, 3.63) is 18.2 Å². The summed E-state index contributed by atoms with van der Waals surface area (Å²) in [4.78, 5) is 0. The van der Waals surface area contributed by atoms with Crippen LogP contribution in [-0.2, 0) is 0 Å². The van der Waals surface area contributed by atoms with Gasteiger partial charge in [-0.15, -0.1) is 0 Å². The third-order valence-corrected chi connectivity index (χ3v) is 2.66. The second-order valence-electron chi connectivity index (χ2n) is 4.71. The first kappa shape index (κ1) is 11.1. The van der Waals surface area contributed by atoms with Gasteiger partial charge in [-0.2, -0.15) is 0 Å². The predicted octanol–water partition coefficient (Wildman–Crippen LogP) is 2.95. The molecule has 3 heteroatoms. The molecule has 1 aliphatic heterocycles. The molecule has 2 N–H and O–H groups in total. The smallest absolute Gasteiger partial charge is 0.144 e. The Labute approximate surface area is 97.2 Å². The van der Waals surface area contributed by atoms with Crippen molar-refractivity contribution in [2.75, 3.05) is 23.7 Å². The second-order valence-corrected chi connectivity index (χ2v) is 4.71. The van der Waals surface area contributed by atoms with E-state index in [-0.39, 0.29) is 6.10 Å². The molecule has 88 valence electrons. The van der Waals surface area contributed by atoms with E-state index in [1.54, 1.807) is 0 Å². The van der Waals surface area contributed by atoms with Gasteiger partial charge >= 0.3 is 0 Å². The zero-order valence-corrected chi connectivity index (χ0v) is 10.2. The van der Waals surface area contributed by atoms with Gasteiger partial charge in [-0.05, 0) is 31.9 Å². The summed E-state index contributed by atoms with van der Waals surface area (Å²) in [5.74, 6) is 1.56. The van der Waals surface area contributed by atoms with E-state index in [1.807, 2.05) is 26.0 Å². The molecule has 0 fully saturated rings. The van der Waals surface area contributed by atoms with Crippen LogP contribution >= 0.6 is 0 Å². The van der Waals surface area contributed by atoms with E-state index in [4.69, 9.17) is 4.74 Å². The van der Waals surface area contributed by atoms with Crippen molar-refractivity contribution < 1.29 is 4.74 Å². The lowest BCUT2D eigenvalue weighted by Gasteiger charge is -2.16. The van der Waals surface area contributed by atoms with Crippen LogP contribution in [0.25, 0.3) is 0 Å². The minimum atomic E-state index is 0.203. The van der Waals surface area contributed by atoms with Crippen molar-refractivity contribution in [2.45, 2.75) is 26.9 Å². The molecule has 0 spiro atoms. The molecular weight excluding hydrogens is 200 g/mol. The highest BCUT2D eigenvalue weighted by molar-refractivity contribution is 5.76. The number of benzene rings is 1. The molecule has 0 amide bonds. The lowest BCUT2D eigenvalue weighted by molar-refractivity contribution is 0.244. The molecule has 3 nitrogen and oxygen atoms in total. The molecule has 0 bridgehead atoms. The predicted molar refractivity (Wildman–Crippen MR) is 68.3 cm³/mol. The largest absolute Gasteiger partial charge is 0.489 e. The lowest BCUT2D eigenvalue weighted by atomic mass is 10.2. The van der Waals surface area contributed by atoms with E-state index in [0.29, 0.717) is 5.92 Å². The maximum absolute atomic E-state index is 5.80. The van der Waals surface area contributed by atoms with Crippen molar-refractivity contribution in [3.8, 4) is 5.75 Å². The molecule has 1 aliphatic rings. The zero-order valence-electron chi connectivity index (χ0n) is 10.2. The molecule has 0 saturated heterocycles. The summed E-state index contributed by atoms with van der Waals surface area (Å²) in [6.45, 7) is 8.32. The highest BCUT2D eigenvalue weighted by atomic mass is 16.5. The van der Waals surface area contributed by atoms with Crippen LogP contribution in [0, 0.1) is 5.92 Å². The van der Waals surface area contributed by atoms with Gasteiger partial charge in [0.25, 0.3) is 0 Å². The molecule has 1 aromatic rings. The Morgan fingerprint density at radius 2 is 2.00 bits per heavy atom. The quantitative estimate of drug-likeness (QED) is 0.804. The van der Waals surface area contributed by atoms with Crippen molar-refractivity contribution in [3.63, 3.8) is 0 Å². The highest BCUT2D eigenvalue weighted by Gasteiger charge is 2.15. The fourth-order valence-corrected chi connectivity index (χ4v) is 1.85. The van der Waals surface area contributed by atoms with Crippen LogP contribution in [0.3, 0.4) is 0 Å². The molecule has 1 aromatic carbocycles. The maximum Gasteiger partial charge on any atom is 0.144 e. The Balaban J connectivity index is 2.28. The van der Waals surface area contributed by atoms with Gasteiger partial charge in [0.15, 0.2) is 0 Å². The SMILES string of the molecule is CC1CNc2cccc(OC(C)C)c2NC1. The van der Waals surface area contributed by atoms with E-state index in [2.05, 4.69) is 23.6 Å². The van der Waals surface area contributed by atoms with E-state index in [9.17, 15) is 0 Å². The van der Waals surface area contributed by atoms with Gasteiger partial charge in [-0.25, -0.2) is 0 Å². The Bertz CT molecular complexity index is 363. The van der Waals surface area contributed by atoms with Gasteiger partial charge in [0.1, 0.15) is 11.4 Å². The number of hydrogen-bond acceptors (Lipinski definition) is 3. The van der Waals surface area contributed by atoms with Crippen molar-refractivity contribution in [1.82, 2.24) is 0 Å². The number of para-hydroxylation sites is 1. The number of hydrogen-bond donors (Lipinski definition) is 2. The minimum Gasteiger partial charge on any atom is -0.489 e. The van der Waals surface area contributed by atoms with Crippen LogP contribution in [0.2, 0.25) is 0 Å². The lowest BCUT2D eigenvalue weighted by Crippen LogP contribution is -2.15. The molecule has 0 aromatic heterocycles. The van der Waals surface area contributed by atoms with Crippen LogP contribution in [-0.4, -0.2) is 19.2 Å². The number of ether oxygens (including phenoxy) is 1. The highest BCUT2D eigenvalue weighted by Crippen LogP contribution is 2.34. The summed E-state index contributed by atoms with van der Waals surface area (Å²) in [5, 5.41) is 6.91. The Kier molecular flexibility index (Phi) is 3.22. The molecule has 0 saturated carbocycles. The summed E-state index contributed by atoms with van der Waals surface area (Å²) in [6, 6.07) is 6.14. The van der Waals surface area contributed by atoms with E-state index < -0.39 is 0 Å². The van der Waals surface area contributed by atoms with Gasteiger partial charge in [0.05, 0.1) is 11.8 Å². The first-order valence-corrected chi connectivity index (χ1v) is 5.94. The molecule has 1 heterocycles. The first-order valence-electron chi connectivity index (χ1n) is 5.94. The second kappa shape index (κ2) is 4.64. The van der Waals surface area contributed by atoms with Gasteiger partial charge in [0.2, 0.25) is 0 Å². The molecule has 1 unspecified atom stereocenters. The van der Waals surface area contributed by atoms with Crippen LogP contribution in [0.5, 0.6) is 5.75 Å². The standard InChI is InChI=1S/C13H20N2O/c1-9(2)16-12-6-4-5-11-13(12)15-8-10(3)7-14-11/h4-6,9-10,14-15H,7-8H2,1-3H3. The van der Waals surface area contributed by atoms with Crippen LogP contribution in [0.4, 0.5) is 11.4 Å². The fourth-order valence-electron chi connectivity index (χ4n) is 1.85. The number of rotatable bonds is 2. The third kappa shape index (κ3) is 2.40. The van der Waals surface area contributed by atoms with Crippen LogP contribution in [0.15, 0.2) is 18.2 Å². The monoisotopic (exact) mass is 220 g/mol. The molecule has 1 atom stereocenters. The summed E-state index contributed by atoms with van der Waals surface area (Å²) in [6.07, 6.45) is 0.203. The van der Waals surface area contributed by atoms with E-state index >= 15 is 0 Å². The Hall–Kier alpha value is -1.38. The fraction of sp³-hybridized carbons (Fsp3) is 0.538. The maximum atomic E-state index is 5.80. The molecular formula is C13H20N2O. The summed E-state index contributed by atoms with van der Waals surface area (Å²) < 4.78 is 5.80. The average molecular weight is 220 g/mol. The van der Waals surface area contributed by atoms with Crippen LogP contribution in [0.1, 0.15) is 20.8 Å². The molecule has 16 heavy (non-hydrogen) atoms. The number of nitrogens with one attached hydrogen (secondary N) is 2. The van der Waals surface area contributed by atoms with Gasteiger partial charge in [-0.1, -0.05) is 13.0 Å². The topological polar surface area (TPSA) is 33.3 Å². The van der Waals surface area contributed by atoms with Gasteiger partial charge in [0, 0.05) is 13.1 Å². The number of fused-ring (bicyclic) bond motifs is 1. The number of anilines is 2. The van der Waals surface area contributed by atoms with Gasteiger partial charge in [-0.3, -0.25) is 0 Å². The minimum absolute atomic E-state index is 0.203. The average Bonchev–Trinajstić information content (AvgIpc) is 2.41. The van der Waals surface area contributed by atoms with Crippen molar-refractivity contribution in [1.29, 1.82) is 0 Å².